The first-order chi connectivity index (χ1) is 9.05. The zero-order valence-electron chi connectivity index (χ0n) is 9.66. The van der Waals surface area contributed by atoms with Gasteiger partial charge in [0.25, 0.3) is 5.69 Å². The van der Waals surface area contributed by atoms with E-state index in [1.165, 1.54) is 0 Å². The van der Waals surface area contributed by atoms with E-state index in [0.717, 1.165) is 0 Å². The van der Waals surface area contributed by atoms with Crippen molar-refractivity contribution < 1.29 is 33.1 Å². The monoisotopic (exact) mass is 294 g/mol. The Morgan fingerprint density at radius 3 is 2.30 bits per heavy atom. The summed E-state index contributed by atoms with van der Waals surface area (Å²) in [6.45, 7) is 0. The first kappa shape index (κ1) is 15.9. The number of hydrogen-bond acceptors (Lipinski definition) is 5. The minimum absolute atomic E-state index is 0.201. The van der Waals surface area contributed by atoms with Gasteiger partial charge in [0.05, 0.1) is 16.1 Å². The van der Waals surface area contributed by atoms with E-state index in [2.05, 4.69) is 0 Å². The highest BCUT2D eigenvalue weighted by molar-refractivity contribution is 5.79. The number of benzene rings is 1. The van der Waals surface area contributed by atoms with E-state index in [1.54, 1.807) is 0 Å². The Labute approximate surface area is 109 Å². The molecule has 2 atom stereocenters. The number of nitrogens with zero attached hydrogens (tertiary/aromatic N) is 1. The minimum Gasteiger partial charge on any atom is -0.385 e. The summed E-state index contributed by atoms with van der Waals surface area (Å²) in [5.74, 6) is -1.37. The second kappa shape index (κ2) is 5.43. The number of hydrogen-bond donors (Lipinski definition) is 3. The summed E-state index contributed by atoms with van der Waals surface area (Å²) in [4.78, 5) is 20.2. The molecule has 0 fully saturated rings. The Morgan fingerprint density at radius 2 is 1.90 bits per heavy atom. The van der Waals surface area contributed by atoms with Crippen molar-refractivity contribution in [3.63, 3.8) is 0 Å². The van der Waals surface area contributed by atoms with Crippen LogP contribution in [-0.2, 0) is 11.0 Å². The SMILES string of the molecule is NC(=O)C(O)C(O)c1ccc(C(F)(F)F)cc1[N+](=O)[O-]. The van der Waals surface area contributed by atoms with Crippen LogP contribution >= 0.6 is 0 Å². The molecule has 0 saturated carbocycles. The maximum absolute atomic E-state index is 12.4. The Kier molecular flexibility index (Phi) is 4.30. The van der Waals surface area contributed by atoms with Gasteiger partial charge in [-0.1, -0.05) is 0 Å². The van der Waals surface area contributed by atoms with Gasteiger partial charge in [0, 0.05) is 6.07 Å². The van der Waals surface area contributed by atoms with E-state index in [9.17, 15) is 38.3 Å². The van der Waals surface area contributed by atoms with Crippen molar-refractivity contribution in [2.45, 2.75) is 18.4 Å². The molecule has 10 heteroatoms. The molecule has 0 aliphatic carbocycles. The zero-order valence-corrected chi connectivity index (χ0v) is 9.66. The highest BCUT2D eigenvalue weighted by atomic mass is 19.4. The fourth-order valence-electron chi connectivity index (χ4n) is 1.45. The number of primary amides is 1. The highest BCUT2D eigenvalue weighted by Crippen LogP contribution is 2.35. The third-order valence-electron chi connectivity index (χ3n) is 2.46. The lowest BCUT2D eigenvalue weighted by molar-refractivity contribution is -0.386. The average molecular weight is 294 g/mol. The molecule has 1 aromatic rings. The normalized spacial score (nSPS) is 14.7. The predicted molar refractivity (Wildman–Crippen MR) is 58.3 cm³/mol. The van der Waals surface area contributed by atoms with Crippen LogP contribution in [0.1, 0.15) is 17.2 Å². The molecular weight excluding hydrogens is 285 g/mol. The Morgan fingerprint density at radius 1 is 1.35 bits per heavy atom. The molecule has 0 aliphatic heterocycles. The molecule has 0 radical (unpaired) electrons. The zero-order chi connectivity index (χ0) is 15.7. The number of aliphatic hydroxyl groups excluding tert-OH is 2. The maximum atomic E-state index is 12.4. The van der Waals surface area contributed by atoms with Crippen LogP contribution in [0.5, 0.6) is 0 Å². The topological polar surface area (TPSA) is 127 Å². The van der Waals surface area contributed by atoms with Crippen LogP contribution < -0.4 is 5.73 Å². The standard InChI is InChI=1S/C10H9F3N2O5/c11-10(12,13)4-1-2-5(6(3-4)15(19)20)7(16)8(17)9(14)18/h1-3,7-8,16-17H,(H2,14,18). The third kappa shape index (κ3) is 3.22. The van der Waals surface area contributed by atoms with Crippen LogP contribution in [0, 0.1) is 10.1 Å². The van der Waals surface area contributed by atoms with Crippen LogP contribution in [0.15, 0.2) is 18.2 Å². The number of alkyl halides is 3. The lowest BCUT2D eigenvalue weighted by atomic mass is 10.00. The van der Waals surface area contributed by atoms with Crippen LogP contribution in [0.4, 0.5) is 18.9 Å². The van der Waals surface area contributed by atoms with Gasteiger partial charge in [0.2, 0.25) is 5.91 Å². The van der Waals surface area contributed by atoms with E-state index >= 15 is 0 Å². The van der Waals surface area contributed by atoms with Crippen molar-refractivity contribution in [1.29, 1.82) is 0 Å². The van der Waals surface area contributed by atoms with Gasteiger partial charge in [-0.25, -0.2) is 0 Å². The molecule has 2 unspecified atom stereocenters. The molecule has 1 rings (SSSR count). The molecule has 4 N–H and O–H groups in total. The van der Waals surface area contributed by atoms with Crippen molar-refractivity contribution >= 4 is 11.6 Å². The second-order valence-corrected chi connectivity index (χ2v) is 3.82. The number of carbonyl (C=O) groups excluding carboxylic acids is 1. The molecule has 0 aromatic heterocycles. The molecule has 110 valence electrons. The van der Waals surface area contributed by atoms with Gasteiger partial charge in [0.1, 0.15) is 6.10 Å². The fourth-order valence-corrected chi connectivity index (χ4v) is 1.45. The first-order valence-corrected chi connectivity index (χ1v) is 5.06. The highest BCUT2D eigenvalue weighted by Gasteiger charge is 2.35. The summed E-state index contributed by atoms with van der Waals surface area (Å²) in [5, 5.41) is 29.5. The van der Waals surface area contributed by atoms with Crippen LogP contribution in [0.25, 0.3) is 0 Å². The van der Waals surface area contributed by atoms with Crippen LogP contribution in [0.2, 0.25) is 0 Å². The van der Waals surface area contributed by atoms with Crippen molar-refractivity contribution in [2.75, 3.05) is 0 Å². The van der Waals surface area contributed by atoms with Gasteiger partial charge < -0.3 is 15.9 Å². The van der Waals surface area contributed by atoms with E-state index in [-0.39, 0.29) is 6.07 Å². The summed E-state index contributed by atoms with van der Waals surface area (Å²) in [7, 11) is 0. The van der Waals surface area contributed by atoms with Crippen molar-refractivity contribution in [3.8, 4) is 0 Å². The van der Waals surface area contributed by atoms with E-state index in [4.69, 9.17) is 5.73 Å². The Bertz CT molecular complexity index is 546. The molecule has 0 bridgehead atoms. The maximum Gasteiger partial charge on any atom is 0.416 e. The number of nitrogens with two attached hydrogens (primary N) is 1. The molecule has 1 aromatic carbocycles. The quantitative estimate of drug-likeness (QED) is 0.550. The first-order valence-electron chi connectivity index (χ1n) is 5.06. The molecule has 0 saturated heterocycles. The summed E-state index contributed by atoms with van der Waals surface area (Å²) >= 11 is 0. The van der Waals surface area contributed by atoms with Crippen molar-refractivity contribution in [1.82, 2.24) is 0 Å². The van der Waals surface area contributed by atoms with E-state index < -0.39 is 46.0 Å². The molecule has 0 heterocycles. The van der Waals surface area contributed by atoms with Crippen LogP contribution in [-0.4, -0.2) is 27.1 Å². The van der Waals surface area contributed by atoms with Gasteiger partial charge in [0.15, 0.2) is 6.10 Å². The van der Waals surface area contributed by atoms with Gasteiger partial charge in [-0.15, -0.1) is 0 Å². The summed E-state index contributed by atoms with van der Waals surface area (Å²) in [6, 6.07) is 1.29. The van der Waals surface area contributed by atoms with Crippen molar-refractivity contribution in [2.24, 2.45) is 5.73 Å². The third-order valence-corrected chi connectivity index (χ3v) is 2.46. The number of carbonyl (C=O) groups is 1. The van der Waals surface area contributed by atoms with E-state index in [0.29, 0.717) is 12.1 Å². The molecular formula is C10H9F3N2O5. The number of nitro benzene ring substituents is 1. The largest absolute Gasteiger partial charge is 0.416 e. The van der Waals surface area contributed by atoms with Gasteiger partial charge in [-0.05, 0) is 12.1 Å². The number of nitro groups is 1. The molecule has 1 amide bonds. The molecule has 0 spiro atoms. The van der Waals surface area contributed by atoms with Gasteiger partial charge in [-0.2, -0.15) is 13.2 Å². The Balaban J connectivity index is 3.34. The van der Waals surface area contributed by atoms with Crippen LogP contribution in [0.3, 0.4) is 0 Å². The smallest absolute Gasteiger partial charge is 0.385 e. The molecule has 7 nitrogen and oxygen atoms in total. The minimum atomic E-state index is -4.81. The summed E-state index contributed by atoms with van der Waals surface area (Å²) in [5.41, 5.74) is 1.68. The lowest BCUT2D eigenvalue weighted by Gasteiger charge is -2.16. The average Bonchev–Trinajstić information content (AvgIpc) is 2.34. The van der Waals surface area contributed by atoms with Gasteiger partial charge in [-0.3, -0.25) is 14.9 Å². The number of rotatable bonds is 4. The fraction of sp³-hybridized carbons (Fsp3) is 0.300. The number of aliphatic hydroxyl groups is 2. The van der Waals surface area contributed by atoms with Crippen molar-refractivity contribution in [3.05, 3.63) is 39.4 Å². The number of amides is 1. The number of halogens is 3. The van der Waals surface area contributed by atoms with E-state index in [1.807, 2.05) is 0 Å². The molecule has 20 heavy (non-hydrogen) atoms. The summed E-state index contributed by atoms with van der Waals surface area (Å²) in [6.07, 6.45) is -9.09. The van der Waals surface area contributed by atoms with Gasteiger partial charge >= 0.3 is 6.18 Å². The lowest BCUT2D eigenvalue weighted by Crippen LogP contribution is -2.34. The second-order valence-electron chi connectivity index (χ2n) is 3.82. The summed E-state index contributed by atoms with van der Waals surface area (Å²) < 4.78 is 37.3. The molecule has 0 aliphatic rings. The predicted octanol–water partition coefficient (Wildman–Crippen LogP) is 0.493. The Hall–Kier alpha value is -2.20.